The number of benzene rings is 1. The zero-order valence-corrected chi connectivity index (χ0v) is 11.5. The highest BCUT2D eigenvalue weighted by atomic mass is 19.1. The molecule has 0 saturated heterocycles. The Bertz CT molecular complexity index is 710. The van der Waals surface area contributed by atoms with Crippen molar-refractivity contribution >= 4 is 17.4 Å². The topological polar surface area (TPSA) is 55.2 Å². The summed E-state index contributed by atoms with van der Waals surface area (Å²) in [5.74, 6) is -1.80. The van der Waals surface area contributed by atoms with Gasteiger partial charge in [0.05, 0.1) is 17.6 Å². The smallest absolute Gasteiger partial charge is 0.299 e. The van der Waals surface area contributed by atoms with Crippen molar-refractivity contribution in [2.75, 3.05) is 11.4 Å². The van der Waals surface area contributed by atoms with Gasteiger partial charge in [-0.3, -0.25) is 9.59 Å². The quantitative estimate of drug-likeness (QED) is 0.808. The highest BCUT2D eigenvalue weighted by molar-refractivity contribution is 6.52. The molecule has 0 bridgehead atoms. The lowest BCUT2D eigenvalue weighted by Gasteiger charge is -2.17. The van der Waals surface area contributed by atoms with E-state index in [1.165, 1.54) is 11.0 Å². The largest absolute Gasteiger partial charge is 0.337 e. The summed E-state index contributed by atoms with van der Waals surface area (Å²) in [5, 5.41) is 0. The Morgan fingerprint density at radius 3 is 2.76 bits per heavy atom. The predicted molar refractivity (Wildman–Crippen MR) is 74.7 cm³/mol. The molecule has 21 heavy (non-hydrogen) atoms. The van der Waals surface area contributed by atoms with E-state index in [2.05, 4.69) is 4.98 Å². The van der Waals surface area contributed by atoms with Gasteiger partial charge in [-0.2, -0.15) is 0 Å². The first-order valence-electron chi connectivity index (χ1n) is 6.70. The molecule has 108 valence electrons. The molecule has 0 unspecified atom stereocenters. The van der Waals surface area contributed by atoms with Gasteiger partial charge in [0.1, 0.15) is 5.82 Å². The lowest BCUT2D eigenvalue weighted by Crippen LogP contribution is -2.31. The zero-order chi connectivity index (χ0) is 15.0. The minimum Gasteiger partial charge on any atom is -0.337 e. The second kappa shape index (κ2) is 5.12. The number of halogens is 1. The predicted octanol–water partition coefficient (Wildman–Crippen LogP) is 1.95. The molecule has 0 aliphatic carbocycles. The van der Waals surface area contributed by atoms with Crippen LogP contribution in [-0.2, 0) is 11.3 Å². The normalized spacial score (nSPS) is 13.9. The summed E-state index contributed by atoms with van der Waals surface area (Å²) >= 11 is 0. The Labute approximate surface area is 121 Å². The van der Waals surface area contributed by atoms with E-state index >= 15 is 0 Å². The van der Waals surface area contributed by atoms with E-state index in [4.69, 9.17) is 0 Å². The molecular formula is C15H14FN3O2. The molecule has 6 heteroatoms. The van der Waals surface area contributed by atoms with Crippen LogP contribution in [0.3, 0.4) is 0 Å². The number of rotatable bonds is 4. The number of amides is 1. The molecule has 1 aromatic heterocycles. The second-order valence-corrected chi connectivity index (χ2v) is 5.08. The third kappa shape index (κ3) is 2.33. The first kappa shape index (κ1) is 13.5. The minimum absolute atomic E-state index is 0.112. The average molecular weight is 287 g/mol. The van der Waals surface area contributed by atoms with Crippen LogP contribution < -0.4 is 4.90 Å². The average Bonchev–Trinajstić information content (AvgIpc) is 3.02. The van der Waals surface area contributed by atoms with Crippen LogP contribution in [0.25, 0.3) is 0 Å². The molecule has 0 N–H and O–H groups in total. The number of ketones is 1. The van der Waals surface area contributed by atoms with Gasteiger partial charge in [0.25, 0.3) is 11.7 Å². The van der Waals surface area contributed by atoms with Crippen LogP contribution in [0.2, 0.25) is 0 Å². The lowest BCUT2D eigenvalue weighted by molar-refractivity contribution is -0.114. The summed E-state index contributed by atoms with van der Waals surface area (Å²) in [5.41, 5.74) is 0.911. The summed E-state index contributed by atoms with van der Waals surface area (Å²) in [6.07, 6.45) is 5.77. The number of aromatic nitrogens is 2. The van der Waals surface area contributed by atoms with Crippen molar-refractivity contribution in [2.45, 2.75) is 19.9 Å². The van der Waals surface area contributed by atoms with Crippen LogP contribution >= 0.6 is 0 Å². The number of anilines is 1. The zero-order valence-electron chi connectivity index (χ0n) is 11.5. The molecule has 0 atom stereocenters. The molecule has 2 aromatic rings. The van der Waals surface area contributed by atoms with Crippen molar-refractivity contribution in [2.24, 2.45) is 0 Å². The fraction of sp³-hybridized carbons (Fsp3) is 0.267. The van der Waals surface area contributed by atoms with Crippen molar-refractivity contribution in [1.82, 2.24) is 9.55 Å². The van der Waals surface area contributed by atoms with E-state index in [0.717, 1.165) is 0 Å². The van der Waals surface area contributed by atoms with Crippen molar-refractivity contribution in [3.8, 4) is 0 Å². The lowest BCUT2D eigenvalue weighted by atomic mass is 10.1. The fourth-order valence-corrected chi connectivity index (χ4v) is 2.57. The maximum atomic E-state index is 14.1. The van der Waals surface area contributed by atoms with E-state index in [1.54, 1.807) is 25.5 Å². The number of Topliss-reactive ketones (excluding diaryl/α,β-unsaturated/α-hetero) is 1. The van der Waals surface area contributed by atoms with Crippen molar-refractivity contribution in [3.05, 3.63) is 47.8 Å². The van der Waals surface area contributed by atoms with Gasteiger partial charge in [0.15, 0.2) is 0 Å². The van der Waals surface area contributed by atoms with Crippen molar-refractivity contribution in [3.63, 3.8) is 0 Å². The molecule has 1 aliphatic heterocycles. The van der Waals surface area contributed by atoms with Gasteiger partial charge in [-0.15, -0.1) is 0 Å². The molecule has 1 amide bonds. The van der Waals surface area contributed by atoms with Gasteiger partial charge < -0.3 is 9.47 Å². The molecule has 1 aliphatic rings. The Balaban J connectivity index is 1.81. The highest BCUT2D eigenvalue weighted by Crippen LogP contribution is 2.32. The Morgan fingerprint density at radius 2 is 2.05 bits per heavy atom. The minimum atomic E-state index is -0.653. The highest BCUT2D eigenvalue weighted by Gasteiger charge is 2.37. The van der Waals surface area contributed by atoms with E-state index in [0.29, 0.717) is 25.1 Å². The summed E-state index contributed by atoms with van der Waals surface area (Å²) in [6, 6.07) is 2.90. The van der Waals surface area contributed by atoms with E-state index in [-0.39, 0.29) is 11.3 Å². The number of fused-ring (bicyclic) bond motifs is 1. The monoisotopic (exact) mass is 287 g/mol. The van der Waals surface area contributed by atoms with Gasteiger partial charge in [0, 0.05) is 25.5 Å². The SMILES string of the molecule is Cc1cc(F)c2c(c1)C(=O)C(=O)N2CCCn1ccnc1. The van der Waals surface area contributed by atoms with Crippen LogP contribution in [-0.4, -0.2) is 27.8 Å². The third-order valence-electron chi connectivity index (χ3n) is 3.52. The number of carbonyl (C=O) groups excluding carboxylic acids is 2. The van der Waals surface area contributed by atoms with Gasteiger partial charge in [-0.1, -0.05) is 0 Å². The fourth-order valence-electron chi connectivity index (χ4n) is 2.57. The van der Waals surface area contributed by atoms with E-state index in [1.807, 2.05) is 10.8 Å². The van der Waals surface area contributed by atoms with Gasteiger partial charge in [0.2, 0.25) is 0 Å². The Morgan fingerprint density at radius 1 is 1.24 bits per heavy atom. The van der Waals surface area contributed by atoms with Crippen molar-refractivity contribution in [1.29, 1.82) is 0 Å². The van der Waals surface area contributed by atoms with Crippen LogP contribution in [0.15, 0.2) is 30.9 Å². The molecular weight excluding hydrogens is 273 g/mol. The molecule has 2 heterocycles. The van der Waals surface area contributed by atoms with Crippen LogP contribution in [0.1, 0.15) is 22.3 Å². The molecule has 0 spiro atoms. The standard InChI is InChI=1S/C15H14FN3O2/c1-10-7-11-13(12(16)8-10)19(15(21)14(11)20)5-2-4-18-6-3-17-9-18/h3,6-9H,2,4-5H2,1H3. The van der Waals surface area contributed by atoms with E-state index in [9.17, 15) is 14.0 Å². The molecule has 3 rings (SSSR count). The maximum Gasteiger partial charge on any atom is 0.299 e. The summed E-state index contributed by atoms with van der Waals surface area (Å²) in [4.78, 5) is 29.1. The molecule has 0 saturated carbocycles. The van der Waals surface area contributed by atoms with Gasteiger partial charge in [-0.05, 0) is 31.0 Å². The van der Waals surface area contributed by atoms with Crippen molar-refractivity contribution < 1.29 is 14.0 Å². The van der Waals surface area contributed by atoms with Crippen LogP contribution in [0.5, 0.6) is 0 Å². The number of hydrogen-bond acceptors (Lipinski definition) is 3. The van der Waals surface area contributed by atoms with Crippen LogP contribution in [0, 0.1) is 12.7 Å². The first-order chi connectivity index (χ1) is 10.1. The second-order valence-electron chi connectivity index (χ2n) is 5.08. The molecule has 1 aromatic carbocycles. The number of carbonyl (C=O) groups is 2. The third-order valence-corrected chi connectivity index (χ3v) is 3.52. The molecule has 5 nitrogen and oxygen atoms in total. The summed E-state index contributed by atoms with van der Waals surface area (Å²) in [6.45, 7) is 2.65. The molecule has 0 radical (unpaired) electrons. The summed E-state index contributed by atoms with van der Waals surface area (Å²) in [7, 11) is 0. The number of imidazole rings is 1. The van der Waals surface area contributed by atoms with Gasteiger partial charge >= 0.3 is 0 Å². The Hall–Kier alpha value is -2.50. The number of aryl methyl sites for hydroxylation is 2. The summed E-state index contributed by atoms with van der Waals surface area (Å²) < 4.78 is 16.0. The van der Waals surface area contributed by atoms with Gasteiger partial charge in [-0.25, -0.2) is 9.37 Å². The maximum absolute atomic E-state index is 14.1. The Kier molecular flexibility index (Phi) is 3.29. The van der Waals surface area contributed by atoms with E-state index < -0.39 is 17.5 Å². The molecule has 0 fully saturated rings. The number of nitrogens with zero attached hydrogens (tertiary/aromatic N) is 3. The first-order valence-corrected chi connectivity index (χ1v) is 6.70. The number of hydrogen-bond donors (Lipinski definition) is 0. The van der Waals surface area contributed by atoms with Crippen LogP contribution in [0.4, 0.5) is 10.1 Å².